The predicted octanol–water partition coefficient (Wildman–Crippen LogP) is 6.68. The molecule has 1 aliphatic rings. The number of hydrogen-bond donors (Lipinski definition) is 5. The molecule has 0 radical (unpaired) electrons. The first-order valence-electron chi connectivity index (χ1n) is 19.4. The quantitative estimate of drug-likeness (QED) is 0.0845. The number of anilines is 3. The number of aliphatic carboxylic acids is 1. The van der Waals surface area contributed by atoms with Gasteiger partial charge in [0.15, 0.2) is 6.61 Å². The van der Waals surface area contributed by atoms with Gasteiger partial charge in [-0.3, -0.25) is 9.59 Å². The number of unbranched alkanes of at least 4 members (excludes halogenated alkanes) is 3. The number of benzene rings is 2. The van der Waals surface area contributed by atoms with Crippen LogP contribution in [-0.4, -0.2) is 105 Å². The average Bonchev–Trinajstić information content (AvgIpc) is 3.58. The molecule has 2 heterocycles. The summed E-state index contributed by atoms with van der Waals surface area (Å²) in [6, 6.07) is 11.6. The van der Waals surface area contributed by atoms with Crippen LogP contribution in [0, 0.1) is 5.92 Å². The molecule has 0 saturated carbocycles. The molecule has 4 rings (SSSR count). The molecule has 1 fully saturated rings. The van der Waals surface area contributed by atoms with Crippen LogP contribution in [0.25, 0.3) is 0 Å². The molecule has 2 aromatic carbocycles. The van der Waals surface area contributed by atoms with E-state index in [2.05, 4.69) is 36.2 Å². The number of rotatable bonds is 18. The highest BCUT2D eigenvalue weighted by molar-refractivity contribution is 5.95. The van der Waals surface area contributed by atoms with Gasteiger partial charge in [-0.05, 0) is 96.3 Å². The molecule has 2 atom stereocenters. The number of aromatic nitrogens is 3. The topological polar surface area (TPSA) is 215 Å². The van der Waals surface area contributed by atoms with Crippen molar-refractivity contribution in [3.05, 3.63) is 59.7 Å². The van der Waals surface area contributed by atoms with Gasteiger partial charge in [0.1, 0.15) is 17.0 Å². The monoisotopic (exact) mass is 846 g/mol. The van der Waals surface area contributed by atoms with Crippen LogP contribution in [0.15, 0.2) is 48.5 Å². The van der Waals surface area contributed by atoms with Crippen molar-refractivity contribution in [2.24, 2.45) is 5.92 Å². The number of nitrogens with one attached hydrogen (secondary N) is 4. The van der Waals surface area contributed by atoms with Crippen LogP contribution in [0.4, 0.5) is 40.3 Å². The Morgan fingerprint density at radius 2 is 1.45 bits per heavy atom. The predicted molar refractivity (Wildman–Crippen MR) is 213 cm³/mol. The standard InChI is InChI=1S/C40H53F3N8O9/c1-38(2,3)59-36(55)44-19-9-7-8-10-20-57-28-17-11-25(12-18-28)21-45-33-48-34(50-35(49-33)58-24-40(41,42)43)46-27-15-13-26(14-16-27)31(52)47-30-23-51(22-29(30)32(53)54)37(56)60-39(4,5)6/h11-18,29-30H,7-10,19-24H2,1-6H3,(H,44,55)(H,47,52)(H,53,54)(H2,45,46,48,49,50)/t29-,30?/m0/s1. The minimum atomic E-state index is -4.65. The lowest BCUT2D eigenvalue weighted by Gasteiger charge is -2.24. The number of carbonyl (C=O) groups excluding carboxylic acids is 3. The Labute approximate surface area is 346 Å². The van der Waals surface area contributed by atoms with Crippen LogP contribution in [0.2, 0.25) is 0 Å². The molecule has 17 nitrogen and oxygen atoms in total. The molecule has 1 aromatic heterocycles. The number of halogens is 3. The summed E-state index contributed by atoms with van der Waals surface area (Å²) >= 11 is 0. The van der Waals surface area contributed by atoms with Gasteiger partial charge in [-0.15, -0.1) is 0 Å². The van der Waals surface area contributed by atoms with Gasteiger partial charge in [0, 0.05) is 37.4 Å². The number of alkyl halides is 3. The molecular formula is C40H53F3N8O9. The molecule has 1 aliphatic heterocycles. The highest BCUT2D eigenvalue weighted by Gasteiger charge is 2.42. The van der Waals surface area contributed by atoms with E-state index in [4.69, 9.17) is 18.9 Å². The summed E-state index contributed by atoms with van der Waals surface area (Å²) in [6.07, 6.45) is -2.27. The zero-order valence-corrected chi connectivity index (χ0v) is 34.5. The zero-order valence-electron chi connectivity index (χ0n) is 34.5. The number of amides is 3. The number of carboxylic acid groups (broad SMARTS) is 1. The van der Waals surface area contributed by atoms with E-state index in [1.165, 1.54) is 29.2 Å². The second-order valence-electron chi connectivity index (χ2n) is 16.0. The largest absolute Gasteiger partial charge is 0.494 e. The third-order valence-electron chi connectivity index (χ3n) is 8.37. The van der Waals surface area contributed by atoms with Crippen LogP contribution in [-0.2, 0) is 20.8 Å². The number of carboxylic acids is 1. The van der Waals surface area contributed by atoms with Crippen molar-refractivity contribution >= 4 is 41.6 Å². The van der Waals surface area contributed by atoms with Gasteiger partial charge < -0.3 is 50.2 Å². The first-order chi connectivity index (χ1) is 28.1. The van der Waals surface area contributed by atoms with Gasteiger partial charge in [-0.25, -0.2) is 9.59 Å². The minimum absolute atomic E-state index is 0.0628. The lowest BCUT2D eigenvalue weighted by Crippen LogP contribution is -2.43. The van der Waals surface area contributed by atoms with Crippen molar-refractivity contribution < 1.29 is 56.4 Å². The maximum atomic E-state index is 13.1. The van der Waals surface area contributed by atoms with E-state index in [0.29, 0.717) is 24.6 Å². The van der Waals surface area contributed by atoms with Gasteiger partial charge in [0.05, 0.1) is 18.6 Å². The van der Waals surface area contributed by atoms with E-state index >= 15 is 0 Å². The lowest BCUT2D eigenvalue weighted by molar-refractivity contribution is -0.154. The van der Waals surface area contributed by atoms with Crippen LogP contribution in [0.1, 0.15) is 83.1 Å². The van der Waals surface area contributed by atoms with E-state index in [9.17, 15) is 37.5 Å². The van der Waals surface area contributed by atoms with Crippen molar-refractivity contribution in [1.29, 1.82) is 0 Å². The number of ether oxygens (including phenoxy) is 4. The molecule has 328 valence electrons. The van der Waals surface area contributed by atoms with Crippen LogP contribution >= 0.6 is 0 Å². The Morgan fingerprint density at radius 3 is 2.08 bits per heavy atom. The Bertz CT molecular complexity index is 1900. The number of alkyl carbamates (subject to hydrolysis) is 1. The van der Waals surface area contributed by atoms with Gasteiger partial charge in [-0.2, -0.15) is 28.1 Å². The smallest absolute Gasteiger partial charge is 0.422 e. The van der Waals surface area contributed by atoms with Crippen molar-refractivity contribution in [2.75, 3.05) is 43.5 Å². The molecule has 20 heteroatoms. The highest BCUT2D eigenvalue weighted by Crippen LogP contribution is 2.24. The molecule has 5 N–H and O–H groups in total. The Balaban J connectivity index is 1.29. The average molecular weight is 847 g/mol. The van der Waals surface area contributed by atoms with E-state index in [1.54, 1.807) is 32.9 Å². The molecule has 1 saturated heterocycles. The summed E-state index contributed by atoms with van der Waals surface area (Å²) in [7, 11) is 0. The Morgan fingerprint density at radius 1 is 0.800 bits per heavy atom. The fourth-order valence-corrected chi connectivity index (χ4v) is 5.62. The minimum Gasteiger partial charge on any atom is -0.494 e. The molecular weight excluding hydrogens is 793 g/mol. The third-order valence-corrected chi connectivity index (χ3v) is 8.37. The summed E-state index contributed by atoms with van der Waals surface area (Å²) < 4.78 is 60.2. The Hall–Kier alpha value is -6.08. The molecule has 1 unspecified atom stereocenters. The molecule has 60 heavy (non-hydrogen) atoms. The van der Waals surface area contributed by atoms with E-state index < -0.39 is 66.0 Å². The second-order valence-corrected chi connectivity index (χ2v) is 16.0. The maximum absolute atomic E-state index is 13.1. The van der Waals surface area contributed by atoms with Gasteiger partial charge in [0.25, 0.3) is 5.91 Å². The van der Waals surface area contributed by atoms with Crippen molar-refractivity contribution in [3.8, 4) is 11.8 Å². The van der Waals surface area contributed by atoms with E-state index in [-0.39, 0.29) is 37.1 Å². The molecule has 3 amide bonds. The first kappa shape index (κ1) is 46.6. The second kappa shape index (κ2) is 20.7. The number of carbonyl (C=O) groups is 4. The highest BCUT2D eigenvalue weighted by atomic mass is 19.4. The molecule has 0 spiro atoms. The molecule has 0 aliphatic carbocycles. The normalized spacial score (nSPS) is 15.4. The van der Waals surface area contributed by atoms with Crippen LogP contribution in [0.3, 0.4) is 0 Å². The van der Waals surface area contributed by atoms with Gasteiger partial charge in [-0.1, -0.05) is 25.0 Å². The molecule has 0 bridgehead atoms. The zero-order chi connectivity index (χ0) is 44.1. The number of hydrogen-bond acceptors (Lipinski definition) is 13. The van der Waals surface area contributed by atoms with Crippen molar-refractivity contribution in [1.82, 2.24) is 30.5 Å². The third kappa shape index (κ3) is 16.6. The summed E-state index contributed by atoms with van der Waals surface area (Å²) in [4.78, 5) is 62.7. The van der Waals surface area contributed by atoms with Crippen LogP contribution in [0.5, 0.6) is 11.8 Å². The maximum Gasteiger partial charge on any atom is 0.422 e. The lowest BCUT2D eigenvalue weighted by atomic mass is 10.0. The van der Waals surface area contributed by atoms with Crippen molar-refractivity contribution in [2.45, 2.75) is 97.2 Å². The van der Waals surface area contributed by atoms with E-state index in [1.807, 2.05) is 32.9 Å². The van der Waals surface area contributed by atoms with Crippen LogP contribution < -0.4 is 30.7 Å². The summed E-state index contributed by atoms with van der Waals surface area (Å²) in [5.74, 6) is -2.39. The van der Waals surface area contributed by atoms with Gasteiger partial charge in [0.2, 0.25) is 11.9 Å². The van der Waals surface area contributed by atoms with E-state index in [0.717, 1.165) is 31.2 Å². The fraction of sp³-hybridized carbons (Fsp3) is 0.525. The summed E-state index contributed by atoms with van der Waals surface area (Å²) in [5, 5.41) is 21.0. The number of nitrogens with zero attached hydrogens (tertiary/aromatic N) is 4. The van der Waals surface area contributed by atoms with Crippen molar-refractivity contribution in [3.63, 3.8) is 0 Å². The fourth-order valence-electron chi connectivity index (χ4n) is 5.62. The first-order valence-corrected chi connectivity index (χ1v) is 19.4. The number of likely N-dealkylation sites (tertiary alicyclic amines) is 1. The molecule has 3 aromatic rings. The summed E-state index contributed by atoms with van der Waals surface area (Å²) in [6.45, 7) is 9.90. The Kier molecular flexibility index (Phi) is 16.1. The summed E-state index contributed by atoms with van der Waals surface area (Å²) in [5.41, 5.74) is 0.00170. The SMILES string of the molecule is CC(C)(C)OC(=O)NCCCCCCOc1ccc(CNc2nc(Nc3ccc(C(=O)NC4CN(C(=O)OC(C)(C)C)C[C@@H]4C(=O)O)cc3)nc(OCC(F)(F)F)n2)cc1. The van der Waals surface area contributed by atoms with Gasteiger partial charge >= 0.3 is 30.3 Å².